The lowest BCUT2D eigenvalue weighted by Gasteiger charge is -2.40. The molecule has 3 aromatic rings. The molecule has 4 atom stereocenters. The van der Waals surface area contributed by atoms with Crippen LogP contribution in [-0.4, -0.2) is 51.5 Å². The van der Waals surface area contributed by atoms with Crippen molar-refractivity contribution < 1.29 is 42.5 Å². The van der Waals surface area contributed by atoms with Gasteiger partial charge in [-0.3, -0.25) is 9.68 Å². The molecule has 1 aliphatic heterocycles. The first-order chi connectivity index (χ1) is 25.5. The lowest BCUT2D eigenvalue weighted by molar-refractivity contribution is -0.243. The molecule has 306 valence electrons. The van der Waals surface area contributed by atoms with Gasteiger partial charge in [-0.15, -0.1) is 0 Å². The number of fused-ring (bicyclic) bond motifs is 1. The number of furan rings is 1. The number of hydrogen-bond acceptors (Lipinski definition) is 9. The van der Waals surface area contributed by atoms with Gasteiger partial charge in [-0.1, -0.05) is 106 Å². The van der Waals surface area contributed by atoms with Crippen molar-refractivity contribution in [3.63, 3.8) is 0 Å². The molecule has 0 radical (unpaired) electrons. The van der Waals surface area contributed by atoms with Crippen molar-refractivity contribution in [3.05, 3.63) is 64.9 Å². The Balaban J connectivity index is 1.86. The maximum atomic E-state index is 14.8. The van der Waals surface area contributed by atoms with Gasteiger partial charge in [0.2, 0.25) is 5.60 Å². The molecule has 2 heterocycles. The van der Waals surface area contributed by atoms with Gasteiger partial charge in [0.25, 0.3) is 0 Å². The largest absolute Gasteiger partial charge is 0.488 e. The summed E-state index contributed by atoms with van der Waals surface area (Å²) in [6.07, 6.45) is 2.73. The predicted octanol–water partition coefficient (Wildman–Crippen LogP) is 11.5. The minimum absolute atomic E-state index is 0.00935. The molecular formula is C44H68O9Si2. The summed E-state index contributed by atoms with van der Waals surface area (Å²) < 4.78 is 33.0. The Hall–Kier alpha value is -2.81. The van der Waals surface area contributed by atoms with Crippen LogP contribution in [0.3, 0.4) is 0 Å². The third-order valence-electron chi connectivity index (χ3n) is 12.2. The molecule has 4 rings (SSSR count). The average Bonchev–Trinajstić information content (AvgIpc) is 3.71. The number of ketones is 1. The SMILES string of the molecule is CCCC(C(=O)C[C@@H](O[Si](C)(C)C(C)(C)C)[C@]1(C(=O)OO)O[C@H]1CC)c1coc2c(CO[Si](C)(C)C(C)(C)C)c(OCc3ccccc3)c(CC(C)C)cc12. The summed E-state index contributed by atoms with van der Waals surface area (Å²) in [4.78, 5) is 32.4. The summed E-state index contributed by atoms with van der Waals surface area (Å²) in [6.45, 7) is 30.7. The van der Waals surface area contributed by atoms with Crippen LogP contribution >= 0.6 is 0 Å². The molecule has 9 nitrogen and oxygen atoms in total. The third-order valence-corrected chi connectivity index (χ3v) is 21.2. The van der Waals surface area contributed by atoms with E-state index < -0.39 is 46.3 Å². The number of carbonyl (C=O) groups excluding carboxylic acids is 2. The van der Waals surface area contributed by atoms with Crippen LogP contribution in [0.2, 0.25) is 36.3 Å². The van der Waals surface area contributed by atoms with Crippen molar-refractivity contribution in [3.8, 4) is 5.75 Å². The summed E-state index contributed by atoms with van der Waals surface area (Å²) in [7, 11) is -4.74. The number of rotatable bonds is 19. The molecule has 0 aliphatic carbocycles. The highest BCUT2D eigenvalue weighted by molar-refractivity contribution is 6.74. The van der Waals surface area contributed by atoms with Crippen LogP contribution in [0.4, 0.5) is 0 Å². The summed E-state index contributed by atoms with van der Waals surface area (Å²) in [5.74, 6) is -0.460. The van der Waals surface area contributed by atoms with Crippen molar-refractivity contribution >= 4 is 39.4 Å². The number of epoxide rings is 1. The van der Waals surface area contributed by atoms with Gasteiger partial charge in [-0.2, -0.15) is 5.26 Å². The van der Waals surface area contributed by atoms with E-state index in [0.29, 0.717) is 37.6 Å². The fourth-order valence-electron chi connectivity index (χ4n) is 6.84. The molecule has 1 unspecified atom stereocenters. The molecule has 11 heteroatoms. The normalized spacial score (nSPS) is 19.1. The van der Waals surface area contributed by atoms with Crippen LogP contribution in [0.25, 0.3) is 11.0 Å². The maximum Gasteiger partial charge on any atom is 0.378 e. The van der Waals surface area contributed by atoms with Crippen molar-refractivity contribution in [1.29, 1.82) is 0 Å². The van der Waals surface area contributed by atoms with Crippen LogP contribution in [0.5, 0.6) is 5.75 Å². The number of Topliss-reactive ketones (excluding diaryl/α,β-unsaturated/α-hetero) is 1. The van der Waals surface area contributed by atoms with Gasteiger partial charge in [0, 0.05) is 23.3 Å². The fourth-order valence-corrected chi connectivity index (χ4v) is 9.10. The Bertz CT molecular complexity index is 1770. The topological polar surface area (TPSA) is 117 Å². The predicted molar refractivity (Wildman–Crippen MR) is 223 cm³/mol. The quantitative estimate of drug-likeness (QED) is 0.0547. The Labute approximate surface area is 332 Å². The van der Waals surface area contributed by atoms with Crippen LogP contribution in [0, 0.1) is 5.92 Å². The summed E-state index contributed by atoms with van der Waals surface area (Å²) in [6, 6.07) is 12.3. The molecule has 0 bridgehead atoms. The second-order valence-electron chi connectivity index (χ2n) is 18.9. The molecule has 0 spiro atoms. The summed E-state index contributed by atoms with van der Waals surface area (Å²) >= 11 is 0. The van der Waals surface area contributed by atoms with Gasteiger partial charge < -0.3 is 22.7 Å². The van der Waals surface area contributed by atoms with E-state index in [1.807, 2.05) is 25.1 Å². The first kappa shape index (κ1) is 44.9. The van der Waals surface area contributed by atoms with Crippen molar-refractivity contribution in [2.24, 2.45) is 5.92 Å². The molecular weight excluding hydrogens is 729 g/mol. The van der Waals surface area contributed by atoms with Gasteiger partial charge in [-0.25, -0.2) is 4.79 Å². The smallest absolute Gasteiger partial charge is 0.378 e. The third kappa shape index (κ3) is 9.84. The van der Waals surface area contributed by atoms with Gasteiger partial charge in [0.15, 0.2) is 16.6 Å². The van der Waals surface area contributed by atoms with Crippen LogP contribution in [0.1, 0.15) is 123 Å². The molecule has 1 saturated heterocycles. The highest BCUT2D eigenvalue weighted by Gasteiger charge is 2.70. The average molecular weight is 797 g/mol. The Morgan fingerprint density at radius 3 is 2.11 bits per heavy atom. The maximum absolute atomic E-state index is 14.8. The van der Waals surface area contributed by atoms with E-state index in [1.54, 1.807) is 6.26 Å². The lowest BCUT2D eigenvalue weighted by Crippen LogP contribution is -2.52. The molecule has 0 amide bonds. The monoisotopic (exact) mass is 796 g/mol. The van der Waals surface area contributed by atoms with E-state index >= 15 is 0 Å². The van der Waals surface area contributed by atoms with E-state index in [1.165, 1.54) is 0 Å². The van der Waals surface area contributed by atoms with E-state index in [0.717, 1.165) is 46.2 Å². The molecule has 1 aliphatic rings. The van der Waals surface area contributed by atoms with Gasteiger partial charge in [0.1, 0.15) is 29.8 Å². The van der Waals surface area contributed by atoms with Gasteiger partial charge in [0.05, 0.1) is 24.5 Å². The molecule has 0 saturated carbocycles. The number of carbonyl (C=O) groups is 2. The summed E-state index contributed by atoms with van der Waals surface area (Å²) in [5, 5.41) is 10.3. The van der Waals surface area contributed by atoms with Crippen molar-refractivity contribution in [1.82, 2.24) is 0 Å². The number of hydrogen-bond donors (Lipinski definition) is 1. The minimum Gasteiger partial charge on any atom is -0.488 e. The molecule has 55 heavy (non-hydrogen) atoms. The van der Waals surface area contributed by atoms with Gasteiger partial charge >= 0.3 is 5.97 Å². The van der Waals surface area contributed by atoms with E-state index in [4.69, 9.17) is 22.7 Å². The van der Waals surface area contributed by atoms with Crippen LogP contribution < -0.4 is 4.74 Å². The Morgan fingerprint density at radius 2 is 1.58 bits per heavy atom. The first-order valence-electron chi connectivity index (χ1n) is 20.1. The number of benzene rings is 2. The Kier molecular flexibility index (Phi) is 14.2. The first-order valence-corrected chi connectivity index (χ1v) is 26.0. The lowest BCUT2D eigenvalue weighted by atomic mass is 9.84. The van der Waals surface area contributed by atoms with E-state index in [9.17, 15) is 14.8 Å². The molecule has 1 aromatic heterocycles. The van der Waals surface area contributed by atoms with E-state index in [2.05, 4.69) is 112 Å². The second-order valence-corrected chi connectivity index (χ2v) is 28.5. The second kappa shape index (κ2) is 17.4. The molecule has 2 aromatic carbocycles. The molecule has 1 fully saturated rings. The van der Waals surface area contributed by atoms with Crippen molar-refractivity contribution in [2.75, 3.05) is 0 Å². The Morgan fingerprint density at radius 1 is 0.945 bits per heavy atom. The fraction of sp³-hybridized carbons (Fsp3) is 0.636. The van der Waals surface area contributed by atoms with Gasteiger partial charge in [-0.05, 0) is 78.6 Å². The zero-order valence-corrected chi connectivity index (χ0v) is 38.0. The standard InChI is InChI=1S/C44H68O9Si2/c1-15-20-32(36(45)25-38(53-55(13,14)43(8,9)10)44(41(46)52-47)37(16-2)51-44)34-27-49-40-33(34)24-31(23-29(3)4)39(48-26-30-21-18-17-19-22-30)35(40)28-50-54(11,12)42(5,6)7/h17-19,21-22,24,27,29,32,37-38,47H,15-16,20,23,25-26,28H2,1-14H3/t32?,37-,38+,44+/m0/s1. The summed E-state index contributed by atoms with van der Waals surface area (Å²) in [5.41, 5.74) is 2.84. The van der Waals surface area contributed by atoms with E-state index in [-0.39, 0.29) is 22.3 Å². The zero-order chi connectivity index (χ0) is 41.1. The highest BCUT2D eigenvalue weighted by Crippen LogP contribution is 2.50. The number of ether oxygens (including phenoxy) is 2. The minimum atomic E-state index is -2.54. The molecule has 1 N–H and O–H groups in total. The highest BCUT2D eigenvalue weighted by atomic mass is 28.4. The van der Waals surface area contributed by atoms with Crippen LogP contribution in [0.15, 0.2) is 47.1 Å². The van der Waals surface area contributed by atoms with Crippen molar-refractivity contribution in [2.45, 2.75) is 175 Å². The zero-order valence-electron chi connectivity index (χ0n) is 36.0. The van der Waals surface area contributed by atoms with Crippen LogP contribution in [-0.2, 0) is 47.7 Å².